The number of hydrogen-bond acceptors (Lipinski definition) is 3. The summed E-state index contributed by atoms with van der Waals surface area (Å²) in [7, 11) is 0. The van der Waals surface area contributed by atoms with Crippen molar-refractivity contribution in [2.75, 3.05) is 18.1 Å². The van der Waals surface area contributed by atoms with E-state index in [1.807, 2.05) is 0 Å². The zero-order valence-electron chi connectivity index (χ0n) is 10.8. The molecule has 5 heteroatoms. The van der Waals surface area contributed by atoms with E-state index in [2.05, 4.69) is 0 Å². The molecular formula is C13H18ClNO3. The van der Waals surface area contributed by atoms with Gasteiger partial charge in [0.2, 0.25) is 0 Å². The van der Waals surface area contributed by atoms with Crippen molar-refractivity contribution in [1.29, 1.82) is 0 Å². The second-order valence-electron chi connectivity index (χ2n) is 4.83. The van der Waals surface area contributed by atoms with Crippen LogP contribution in [-0.4, -0.2) is 30.0 Å². The van der Waals surface area contributed by atoms with Crippen LogP contribution in [0.2, 0.25) is 5.02 Å². The van der Waals surface area contributed by atoms with Gasteiger partial charge in [-0.3, -0.25) is 4.90 Å². The predicted octanol–water partition coefficient (Wildman–Crippen LogP) is 3.07. The molecule has 0 heterocycles. The number of carbonyl (C=O) groups is 1. The van der Waals surface area contributed by atoms with E-state index in [-0.39, 0.29) is 13.2 Å². The van der Waals surface area contributed by atoms with E-state index in [9.17, 15) is 4.79 Å². The maximum atomic E-state index is 12.0. The first-order chi connectivity index (χ1) is 8.33. The molecule has 0 aliphatic rings. The fraction of sp³-hybridized carbons (Fsp3) is 0.462. The smallest absolute Gasteiger partial charge is 0.414 e. The molecule has 0 bridgehead atoms. The zero-order valence-corrected chi connectivity index (χ0v) is 11.6. The van der Waals surface area contributed by atoms with Gasteiger partial charge in [-0.1, -0.05) is 11.6 Å². The number of amides is 1. The van der Waals surface area contributed by atoms with Crippen molar-refractivity contribution in [3.05, 3.63) is 29.3 Å². The summed E-state index contributed by atoms with van der Waals surface area (Å²) in [6.45, 7) is 5.43. The second-order valence-corrected chi connectivity index (χ2v) is 5.27. The van der Waals surface area contributed by atoms with Crippen LogP contribution in [0.4, 0.5) is 10.5 Å². The molecule has 1 aromatic rings. The Bertz CT molecular complexity index is 398. The van der Waals surface area contributed by atoms with Crippen molar-refractivity contribution in [3.63, 3.8) is 0 Å². The van der Waals surface area contributed by atoms with Crippen LogP contribution in [0.15, 0.2) is 24.3 Å². The average molecular weight is 272 g/mol. The van der Waals surface area contributed by atoms with Crippen LogP contribution in [0.25, 0.3) is 0 Å². The van der Waals surface area contributed by atoms with E-state index in [0.717, 1.165) is 0 Å². The number of aliphatic hydroxyl groups is 1. The summed E-state index contributed by atoms with van der Waals surface area (Å²) in [6, 6.07) is 6.79. The van der Waals surface area contributed by atoms with Crippen molar-refractivity contribution >= 4 is 23.4 Å². The molecule has 1 aromatic carbocycles. The number of ether oxygens (including phenoxy) is 1. The Morgan fingerprint density at radius 3 is 2.33 bits per heavy atom. The van der Waals surface area contributed by atoms with Gasteiger partial charge in [0.25, 0.3) is 0 Å². The van der Waals surface area contributed by atoms with Gasteiger partial charge in [0.15, 0.2) is 0 Å². The molecule has 100 valence electrons. The van der Waals surface area contributed by atoms with Gasteiger partial charge in [-0.15, -0.1) is 0 Å². The first-order valence-corrected chi connectivity index (χ1v) is 6.08. The third-order valence-corrected chi connectivity index (χ3v) is 2.33. The summed E-state index contributed by atoms with van der Waals surface area (Å²) >= 11 is 5.80. The molecule has 18 heavy (non-hydrogen) atoms. The highest BCUT2D eigenvalue weighted by atomic mass is 35.5. The Morgan fingerprint density at radius 2 is 1.89 bits per heavy atom. The van der Waals surface area contributed by atoms with E-state index in [1.165, 1.54) is 4.90 Å². The lowest BCUT2D eigenvalue weighted by atomic mass is 10.2. The lowest BCUT2D eigenvalue weighted by molar-refractivity contribution is 0.0573. The molecule has 0 aliphatic carbocycles. The SMILES string of the molecule is CC(C)(C)OC(=O)N(CCO)c1ccc(Cl)cc1. The van der Waals surface area contributed by atoms with Crippen LogP contribution in [0.3, 0.4) is 0 Å². The Labute approximate surface area is 112 Å². The highest BCUT2D eigenvalue weighted by Crippen LogP contribution is 2.20. The predicted molar refractivity (Wildman–Crippen MR) is 72.1 cm³/mol. The number of aliphatic hydroxyl groups excluding tert-OH is 1. The maximum Gasteiger partial charge on any atom is 0.414 e. The van der Waals surface area contributed by atoms with Crippen molar-refractivity contribution in [3.8, 4) is 0 Å². The molecule has 0 saturated carbocycles. The zero-order chi connectivity index (χ0) is 13.8. The van der Waals surface area contributed by atoms with Gasteiger partial charge >= 0.3 is 6.09 Å². The molecule has 0 aromatic heterocycles. The van der Waals surface area contributed by atoms with Crippen LogP contribution in [0.5, 0.6) is 0 Å². The molecule has 1 amide bonds. The number of benzene rings is 1. The second kappa shape index (κ2) is 6.07. The molecule has 1 N–H and O–H groups in total. The highest BCUT2D eigenvalue weighted by Gasteiger charge is 2.22. The fourth-order valence-electron chi connectivity index (χ4n) is 1.36. The van der Waals surface area contributed by atoms with Crippen LogP contribution >= 0.6 is 11.6 Å². The first-order valence-electron chi connectivity index (χ1n) is 5.70. The van der Waals surface area contributed by atoms with Crippen molar-refractivity contribution < 1.29 is 14.6 Å². The van der Waals surface area contributed by atoms with Crippen molar-refractivity contribution in [2.45, 2.75) is 26.4 Å². The number of rotatable bonds is 3. The molecule has 0 spiro atoms. The maximum absolute atomic E-state index is 12.0. The third-order valence-electron chi connectivity index (χ3n) is 2.08. The first kappa shape index (κ1) is 14.8. The normalized spacial score (nSPS) is 11.2. The number of halogens is 1. The number of hydrogen-bond donors (Lipinski definition) is 1. The monoisotopic (exact) mass is 271 g/mol. The lowest BCUT2D eigenvalue weighted by Gasteiger charge is -2.27. The molecule has 0 saturated heterocycles. The molecule has 0 unspecified atom stereocenters. The molecule has 1 rings (SSSR count). The molecule has 0 radical (unpaired) electrons. The summed E-state index contributed by atoms with van der Waals surface area (Å²) in [5, 5.41) is 9.61. The summed E-state index contributed by atoms with van der Waals surface area (Å²) in [5.41, 5.74) is 0.0692. The van der Waals surface area contributed by atoms with Gasteiger partial charge in [0, 0.05) is 10.7 Å². The van der Waals surface area contributed by atoms with Gasteiger partial charge in [-0.05, 0) is 45.0 Å². The molecule has 0 aliphatic heterocycles. The number of carbonyl (C=O) groups excluding carboxylic acids is 1. The van der Waals surface area contributed by atoms with Crippen LogP contribution < -0.4 is 4.90 Å². The van der Waals surface area contributed by atoms with Gasteiger partial charge < -0.3 is 9.84 Å². The van der Waals surface area contributed by atoms with E-state index >= 15 is 0 Å². The summed E-state index contributed by atoms with van der Waals surface area (Å²) in [6.07, 6.45) is -0.487. The van der Waals surface area contributed by atoms with Gasteiger partial charge in [0.05, 0.1) is 13.2 Å². The minimum Gasteiger partial charge on any atom is -0.443 e. The molecular weight excluding hydrogens is 254 g/mol. The summed E-state index contributed by atoms with van der Waals surface area (Å²) in [5.74, 6) is 0. The Morgan fingerprint density at radius 1 is 1.33 bits per heavy atom. The van der Waals surface area contributed by atoms with E-state index < -0.39 is 11.7 Å². The number of anilines is 1. The largest absolute Gasteiger partial charge is 0.443 e. The minimum absolute atomic E-state index is 0.137. The Balaban J connectivity index is 2.88. The minimum atomic E-state index is -0.572. The molecule has 0 atom stereocenters. The average Bonchev–Trinajstić information content (AvgIpc) is 2.25. The van der Waals surface area contributed by atoms with E-state index in [1.54, 1.807) is 45.0 Å². The lowest BCUT2D eigenvalue weighted by Crippen LogP contribution is -2.38. The van der Waals surface area contributed by atoms with Gasteiger partial charge in [-0.2, -0.15) is 0 Å². The van der Waals surface area contributed by atoms with Crippen LogP contribution in [0, 0.1) is 0 Å². The highest BCUT2D eigenvalue weighted by molar-refractivity contribution is 6.30. The van der Waals surface area contributed by atoms with Crippen LogP contribution in [-0.2, 0) is 4.74 Å². The quantitative estimate of drug-likeness (QED) is 0.919. The Kier molecular flexibility index (Phi) is 4.99. The van der Waals surface area contributed by atoms with Crippen LogP contribution in [0.1, 0.15) is 20.8 Å². The van der Waals surface area contributed by atoms with Crippen molar-refractivity contribution in [2.24, 2.45) is 0 Å². The number of nitrogens with zero attached hydrogens (tertiary/aromatic N) is 1. The molecule has 4 nitrogen and oxygen atoms in total. The van der Waals surface area contributed by atoms with Gasteiger partial charge in [0.1, 0.15) is 5.60 Å². The fourth-order valence-corrected chi connectivity index (χ4v) is 1.49. The summed E-state index contributed by atoms with van der Waals surface area (Å²) < 4.78 is 5.28. The Hall–Kier alpha value is -1.26. The molecule has 0 fully saturated rings. The standard InChI is InChI=1S/C13H18ClNO3/c1-13(2,3)18-12(17)15(8-9-16)11-6-4-10(14)5-7-11/h4-7,16H,8-9H2,1-3H3. The van der Waals surface area contributed by atoms with E-state index in [0.29, 0.717) is 10.7 Å². The van der Waals surface area contributed by atoms with Gasteiger partial charge in [-0.25, -0.2) is 4.79 Å². The topological polar surface area (TPSA) is 49.8 Å². The van der Waals surface area contributed by atoms with Crippen molar-refractivity contribution in [1.82, 2.24) is 0 Å². The summed E-state index contributed by atoms with van der Waals surface area (Å²) in [4.78, 5) is 13.4. The third kappa shape index (κ3) is 4.55. The van der Waals surface area contributed by atoms with E-state index in [4.69, 9.17) is 21.4 Å².